The van der Waals surface area contributed by atoms with Gasteiger partial charge in [-0.2, -0.15) is 0 Å². The van der Waals surface area contributed by atoms with Crippen molar-refractivity contribution in [1.29, 1.82) is 0 Å². The van der Waals surface area contributed by atoms with Crippen molar-refractivity contribution in [2.24, 2.45) is 0 Å². The van der Waals surface area contributed by atoms with Gasteiger partial charge in [0, 0.05) is 31.2 Å². The Morgan fingerprint density at radius 2 is 1.83 bits per heavy atom. The van der Waals surface area contributed by atoms with Gasteiger partial charge in [-0.05, 0) is 30.3 Å². The molecule has 0 unspecified atom stereocenters. The van der Waals surface area contributed by atoms with Crippen LogP contribution in [0.4, 0.5) is 0 Å². The maximum atomic E-state index is 12.4. The van der Waals surface area contributed by atoms with E-state index >= 15 is 0 Å². The monoisotopic (exact) mass is 319 g/mol. The highest BCUT2D eigenvalue weighted by Gasteiger charge is 2.15. The quantitative estimate of drug-likeness (QED) is 0.722. The third-order valence-electron chi connectivity index (χ3n) is 3.47. The fraction of sp³-hybridized carbons (Fsp3) is 0.105. The summed E-state index contributed by atoms with van der Waals surface area (Å²) in [5.41, 5.74) is 1.38. The fourth-order valence-corrected chi connectivity index (χ4v) is 2.27. The summed E-state index contributed by atoms with van der Waals surface area (Å²) >= 11 is 0. The van der Waals surface area contributed by atoms with Crippen molar-refractivity contribution in [2.45, 2.75) is 6.54 Å². The van der Waals surface area contributed by atoms with Crippen LogP contribution >= 0.6 is 0 Å². The van der Waals surface area contributed by atoms with Gasteiger partial charge in [0.15, 0.2) is 0 Å². The van der Waals surface area contributed by atoms with E-state index in [-0.39, 0.29) is 5.91 Å². The van der Waals surface area contributed by atoms with Crippen LogP contribution in [0.2, 0.25) is 0 Å². The van der Waals surface area contributed by atoms with E-state index in [1.54, 1.807) is 42.7 Å². The van der Waals surface area contributed by atoms with Crippen molar-refractivity contribution in [3.8, 4) is 11.6 Å². The number of rotatable bonds is 5. The highest BCUT2D eigenvalue weighted by atomic mass is 16.5. The molecule has 0 radical (unpaired) electrons. The first-order valence-electron chi connectivity index (χ1n) is 7.56. The molecular weight excluding hydrogens is 302 g/mol. The molecule has 0 saturated heterocycles. The van der Waals surface area contributed by atoms with Gasteiger partial charge in [-0.3, -0.25) is 9.78 Å². The van der Waals surface area contributed by atoms with Crippen molar-refractivity contribution in [3.63, 3.8) is 0 Å². The number of benzene rings is 1. The van der Waals surface area contributed by atoms with Gasteiger partial charge in [-0.15, -0.1) is 0 Å². The molecule has 0 saturated carbocycles. The number of hydrogen-bond donors (Lipinski definition) is 0. The number of carbonyl (C=O) groups is 1. The summed E-state index contributed by atoms with van der Waals surface area (Å²) in [5, 5.41) is 0. The standard InChI is InChI=1S/C19H17N3O2/c1-22(19(23)15-7-5-11-20-13-15)14-16-8-6-12-21-18(16)24-17-9-3-2-4-10-17/h2-13H,14H2,1H3. The van der Waals surface area contributed by atoms with E-state index in [9.17, 15) is 4.79 Å². The second-order valence-electron chi connectivity index (χ2n) is 5.29. The number of ether oxygens (including phenoxy) is 1. The van der Waals surface area contributed by atoms with E-state index in [0.29, 0.717) is 23.7 Å². The van der Waals surface area contributed by atoms with Crippen LogP contribution in [0.15, 0.2) is 73.2 Å². The van der Waals surface area contributed by atoms with Gasteiger partial charge < -0.3 is 9.64 Å². The average Bonchev–Trinajstić information content (AvgIpc) is 2.64. The number of amides is 1. The molecule has 2 aromatic heterocycles. The topological polar surface area (TPSA) is 55.3 Å². The fourth-order valence-electron chi connectivity index (χ4n) is 2.27. The van der Waals surface area contributed by atoms with Gasteiger partial charge in [0.05, 0.1) is 12.1 Å². The van der Waals surface area contributed by atoms with Gasteiger partial charge in [0.1, 0.15) is 5.75 Å². The Balaban J connectivity index is 1.76. The third kappa shape index (κ3) is 3.76. The molecule has 3 aromatic rings. The van der Waals surface area contributed by atoms with Crippen molar-refractivity contribution >= 4 is 5.91 Å². The van der Waals surface area contributed by atoms with Crippen LogP contribution in [-0.4, -0.2) is 27.8 Å². The number of hydrogen-bond acceptors (Lipinski definition) is 4. The zero-order valence-electron chi connectivity index (χ0n) is 13.3. The SMILES string of the molecule is CN(Cc1cccnc1Oc1ccccc1)C(=O)c1cccnc1. The van der Waals surface area contributed by atoms with Gasteiger partial charge >= 0.3 is 0 Å². The average molecular weight is 319 g/mol. The van der Waals surface area contributed by atoms with Crippen LogP contribution in [0.5, 0.6) is 11.6 Å². The number of para-hydroxylation sites is 1. The van der Waals surface area contributed by atoms with E-state index in [2.05, 4.69) is 9.97 Å². The molecule has 5 heteroatoms. The van der Waals surface area contributed by atoms with Crippen LogP contribution in [0.1, 0.15) is 15.9 Å². The van der Waals surface area contributed by atoms with E-state index in [1.807, 2.05) is 42.5 Å². The summed E-state index contributed by atoms with van der Waals surface area (Å²) in [5.74, 6) is 1.10. The lowest BCUT2D eigenvalue weighted by Crippen LogP contribution is -2.26. The Hall–Kier alpha value is -3.21. The van der Waals surface area contributed by atoms with Crippen molar-refractivity contribution in [1.82, 2.24) is 14.9 Å². The first-order valence-corrected chi connectivity index (χ1v) is 7.56. The smallest absolute Gasteiger partial charge is 0.255 e. The summed E-state index contributed by atoms with van der Waals surface area (Å²) in [4.78, 5) is 22.3. The summed E-state index contributed by atoms with van der Waals surface area (Å²) < 4.78 is 5.83. The van der Waals surface area contributed by atoms with Crippen LogP contribution in [0.3, 0.4) is 0 Å². The molecule has 0 aliphatic heterocycles. The molecule has 0 N–H and O–H groups in total. The lowest BCUT2D eigenvalue weighted by atomic mass is 10.2. The van der Waals surface area contributed by atoms with E-state index < -0.39 is 0 Å². The molecule has 0 spiro atoms. The molecule has 1 amide bonds. The van der Waals surface area contributed by atoms with Crippen LogP contribution in [0.25, 0.3) is 0 Å². The maximum Gasteiger partial charge on any atom is 0.255 e. The Bertz CT molecular complexity index is 807. The molecule has 120 valence electrons. The summed E-state index contributed by atoms with van der Waals surface area (Å²) in [7, 11) is 1.74. The summed E-state index contributed by atoms with van der Waals surface area (Å²) in [6, 6.07) is 16.7. The molecule has 0 bridgehead atoms. The van der Waals surface area contributed by atoms with Gasteiger partial charge in [0.25, 0.3) is 5.91 Å². The predicted octanol–water partition coefficient (Wildman–Crippen LogP) is 3.54. The summed E-state index contributed by atoms with van der Waals surface area (Å²) in [6.45, 7) is 0.393. The largest absolute Gasteiger partial charge is 0.439 e. The lowest BCUT2D eigenvalue weighted by Gasteiger charge is -2.18. The normalized spacial score (nSPS) is 10.2. The van der Waals surface area contributed by atoms with Crippen molar-refractivity contribution < 1.29 is 9.53 Å². The zero-order valence-corrected chi connectivity index (χ0v) is 13.3. The molecule has 0 aliphatic carbocycles. The van der Waals surface area contributed by atoms with Crippen LogP contribution < -0.4 is 4.74 Å². The molecule has 24 heavy (non-hydrogen) atoms. The highest BCUT2D eigenvalue weighted by Crippen LogP contribution is 2.23. The number of pyridine rings is 2. The Kier molecular flexibility index (Phi) is 4.81. The molecule has 1 aromatic carbocycles. The minimum Gasteiger partial charge on any atom is -0.439 e. The molecule has 0 fully saturated rings. The minimum absolute atomic E-state index is 0.0994. The molecule has 5 nitrogen and oxygen atoms in total. The van der Waals surface area contributed by atoms with Gasteiger partial charge in [-0.25, -0.2) is 4.98 Å². The Morgan fingerprint density at radius 3 is 2.58 bits per heavy atom. The summed E-state index contributed by atoms with van der Waals surface area (Å²) in [6.07, 6.45) is 4.87. The molecule has 3 rings (SSSR count). The van der Waals surface area contributed by atoms with Crippen LogP contribution in [0, 0.1) is 0 Å². The maximum absolute atomic E-state index is 12.4. The van der Waals surface area contributed by atoms with Crippen molar-refractivity contribution in [2.75, 3.05) is 7.05 Å². The first kappa shape index (κ1) is 15.7. The Morgan fingerprint density at radius 1 is 1.04 bits per heavy atom. The van der Waals surface area contributed by atoms with E-state index in [0.717, 1.165) is 5.56 Å². The number of nitrogens with zero attached hydrogens (tertiary/aromatic N) is 3. The Labute approximate surface area is 140 Å². The highest BCUT2D eigenvalue weighted by molar-refractivity contribution is 5.93. The number of carbonyl (C=O) groups excluding carboxylic acids is 1. The molecule has 0 aliphatic rings. The van der Waals surface area contributed by atoms with E-state index in [4.69, 9.17) is 4.74 Å². The number of aromatic nitrogens is 2. The first-order chi connectivity index (χ1) is 11.7. The van der Waals surface area contributed by atoms with Crippen molar-refractivity contribution in [3.05, 3.63) is 84.3 Å². The van der Waals surface area contributed by atoms with Gasteiger partial charge in [0.2, 0.25) is 5.88 Å². The van der Waals surface area contributed by atoms with Crippen LogP contribution in [-0.2, 0) is 6.54 Å². The minimum atomic E-state index is -0.0994. The second kappa shape index (κ2) is 7.37. The molecule has 0 atom stereocenters. The molecule has 2 heterocycles. The van der Waals surface area contributed by atoms with E-state index in [1.165, 1.54) is 0 Å². The second-order valence-corrected chi connectivity index (χ2v) is 5.29. The van der Waals surface area contributed by atoms with Gasteiger partial charge in [-0.1, -0.05) is 24.3 Å². The third-order valence-corrected chi connectivity index (χ3v) is 3.47. The predicted molar refractivity (Wildman–Crippen MR) is 90.8 cm³/mol. The molecular formula is C19H17N3O2. The zero-order chi connectivity index (χ0) is 16.8. The lowest BCUT2D eigenvalue weighted by molar-refractivity contribution is 0.0784.